The van der Waals surface area contributed by atoms with Gasteiger partial charge in [0, 0.05) is 6.07 Å². The first kappa shape index (κ1) is 20.4. The Hall–Kier alpha value is -2.36. The highest BCUT2D eigenvalue weighted by Gasteiger charge is 2.31. The number of alkyl halides is 3. The zero-order valence-electron chi connectivity index (χ0n) is 13.8. The molecule has 0 atom stereocenters. The number of hydrogen-bond acceptors (Lipinski definition) is 5. The van der Waals surface area contributed by atoms with Gasteiger partial charge in [-0.15, -0.1) is 10.2 Å². The van der Waals surface area contributed by atoms with Gasteiger partial charge in [-0.3, -0.25) is 0 Å². The van der Waals surface area contributed by atoms with Crippen molar-refractivity contribution in [2.75, 3.05) is 4.90 Å². The van der Waals surface area contributed by atoms with Crippen molar-refractivity contribution in [3.63, 3.8) is 0 Å². The summed E-state index contributed by atoms with van der Waals surface area (Å²) in [6.45, 7) is -0.195. The van der Waals surface area contributed by atoms with E-state index in [1.165, 1.54) is 35.8 Å². The lowest BCUT2D eigenvalue weighted by atomic mass is 10.1. The number of hydrogen-bond donors (Lipinski definition) is 0. The maximum Gasteiger partial charge on any atom is 0.421 e. The smallest absolute Gasteiger partial charge is 0.410 e. The third-order valence-electron chi connectivity index (χ3n) is 3.49. The molecule has 1 heterocycles. The predicted molar refractivity (Wildman–Crippen MR) is 100 cm³/mol. The topological polar surface area (TPSA) is 55.3 Å². The van der Waals surface area contributed by atoms with Crippen molar-refractivity contribution < 1.29 is 22.7 Å². The molecule has 1 aromatic heterocycles. The molecular formula is C17H10Cl2F3N3O2S. The molecule has 0 bridgehead atoms. The largest absolute Gasteiger partial charge is 0.421 e. The van der Waals surface area contributed by atoms with Gasteiger partial charge in [0.15, 0.2) is 0 Å². The molecule has 0 radical (unpaired) electrons. The number of anilines is 1. The Balaban J connectivity index is 1.86. The summed E-state index contributed by atoms with van der Waals surface area (Å²) in [7, 11) is 0. The van der Waals surface area contributed by atoms with Crippen LogP contribution in [0, 0.1) is 0 Å². The minimum absolute atomic E-state index is 0.123. The van der Waals surface area contributed by atoms with E-state index in [-0.39, 0.29) is 33.0 Å². The van der Waals surface area contributed by atoms with Crippen LogP contribution in [0.25, 0.3) is 0 Å². The Bertz CT molecular complexity index is 984. The molecule has 1 amide bonds. The minimum Gasteiger partial charge on any atom is -0.410 e. The van der Waals surface area contributed by atoms with E-state index in [2.05, 4.69) is 10.2 Å². The molecule has 146 valence electrons. The summed E-state index contributed by atoms with van der Waals surface area (Å²) in [6.07, 6.45) is -5.35. The molecule has 0 aliphatic carbocycles. The third-order valence-corrected chi connectivity index (χ3v) is 4.94. The molecule has 0 fully saturated rings. The Labute approximate surface area is 171 Å². The van der Waals surface area contributed by atoms with Crippen molar-refractivity contribution in [3.05, 3.63) is 69.1 Å². The first-order chi connectivity index (χ1) is 13.2. The molecule has 5 nitrogen and oxygen atoms in total. The lowest BCUT2D eigenvalue weighted by molar-refractivity contribution is -0.137. The Kier molecular flexibility index (Phi) is 6.07. The number of ether oxygens (including phenoxy) is 1. The van der Waals surface area contributed by atoms with E-state index in [1.54, 1.807) is 0 Å². The summed E-state index contributed by atoms with van der Waals surface area (Å²) in [5.41, 5.74) is 0.817. The predicted octanol–water partition coefficient (Wildman–Crippen LogP) is 6.07. The van der Waals surface area contributed by atoms with Gasteiger partial charge in [0.05, 0.1) is 22.2 Å². The van der Waals surface area contributed by atoms with Crippen LogP contribution in [-0.4, -0.2) is 16.3 Å². The first-order valence-electron chi connectivity index (χ1n) is 7.61. The van der Waals surface area contributed by atoms with Crippen LogP contribution in [0.15, 0.2) is 48.0 Å². The molecule has 0 saturated carbocycles. The molecule has 11 heteroatoms. The molecule has 3 rings (SSSR count). The first-order valence-corrected chi connectivity index (χ1v) is 9.24. The number of amides is 1. The van der Waals surface area contributed by atoms with Gasteiger partial charge < -0.3 is 4.74 Å². The van der Waals surface area contributed by atoms with Crippen molar-refractivity contribution in [3.8, 4) is 5.75 Å². The van der Waals surface area contributed by atoms with Crippen LogP contribution in [-0.2, 0) is 12.7 Å². The van der Waals surface area contributed by atoms with Crippen LogP contribution >= 0.6 is 34.5 Å². The summed E-state index contributed by atoms with van der Waals surface area (Å²) in [4.78, 5) is 13.7. The molecule has 0 saturated heterocycles. The lowest BCUT2D eigenvalue weighted by Crippen LogP contribution is -2.33. The highest BCUT2D eigenvalue weighted by atomic mass is 35.5. The summed E-state index contributed by atoms with van der Waals surface area (Å²) >= 11 is 12.8. The average Bonchev–Trinajstić information content (AvgIpc) is 3.16. The average molecular weight is 448 g/mol. The van der Waals surface area contributed by atoms with E-state index >= 15 is 0 Å². The number of aromatic nitrogens is 2. The summed E-state index contributed by atoms with van der Waals surface area (Å²) in [6, 6.07) is 8.89. The van der Waals surface area contributed by atoms with Crippen molar-refractivity contribution in [2.24, 2.45) is 0 Å². The summed E-state index contributed by atoms with van der Waals surface area (Å²) in [5.74, 6) is 0.123. The highest BCUT2D eigenvalue weighted by molar-refractivity contribution is 7.13. The van der Waals surface area contributed by atoms with Gasteiger partial charge in [0.2, 0.25) is 5.13 Å². The molecular weight excluding hydrogens is 438 g/mol. The van der Waals surface area contributed by atoms with Gasteiger partial charge in [-0.2, -0.15) is 13.2 Å². The Morgan fingerprint density at radius 1 is 1.14 bits per heavy atom. The van der Waals surface area contributed by atoms with Crippen LogP contribution in [0.5, 0.6) is 5.75 Å². The number of halogens is 5. The SMILES string of the molecule is O=C(Oc1ccc(Cl)c(Cl)c1)N(Cc1cccc(C(F)(F)F)c1)c1nncs1. The molecule has 0 N–H and O–H groups in total. The molecule has 0 unspecified atom stereocenters. The van der Waals surface area contributed by atoms with E-state index in [9.17, 15) is 18.0 Å². The second kappa shape index (κ2) is 8.34. The van der Waals surface area contributed by atoms with Gasteiger partial charge in [0.1, 0.15) is 11.3 Å². The van der Waals surface area contributed by atoms with Crippen LogP contribution < -0.4 is 9.64 Å². The van der Waals surface area contributed by atoms with E-state index in [4.69, 9.17) is 27.9 Å². The van der Waals surface area contributed by atoms with Gasteiger partial charge in [0.25, 0.3) is 0 Å². The van der Waals surface area contributed by atoms with Gasteiger partial charge in [-0.25, -0.2) is 9.69 Å². The quantitative estimate of drug-likeness (QED) is 0.486. The highest BCUT2D eigenvalue weighted by Crippen LogP contribution is 2.31. The number of rotatable bonds is 4. The second-order valence-corrected chi connectivity index (χ2v) is 7.08. The fraction of sp³-hybridized carbons (Fsp3) is 0.118. The zero-order valence-corrected chi connectivity index (χ0v) is 16.1. The standard InChI is InChI=1S/C17H10Cl2F3N3O2S/c18-13-5-4-12(7-14(13)19)27-16(26)25(15-24-23-9-28-15)8-10-2-1-3-11(6-10)17(20,21)22/h1-7,9H,8H2. The maximum atomic E-state index is 12.9. The van der Waals surface area contributed by atoms with Gasteiger partial charge in [-0.1, -0.05) is 46.7 Å². The third kappa shape index (κ3) is 4.92. The maximum absolute atomic E-state index is 12.9. The zero-order chi connectivity index (χ0) is 20.3. The second-order valence-electron chi connectivity index (χ2n) is 5.45. The number of nitrogens with zero attached hydrogens (tertiary/aromatic N) is 3. The van der Waals surface area contributed by atoms with E-state index in [0.717, 1.165) is 28.4 Å². The number of carbonyl (C=O) groups is 1. The molecule has 0 aliphatic heterocycles. The molecule has 2 aromatic carbocycles. The van der Waals surface area contributed by atoms with Crippen molar-refractivity contribution in [1.29, 1.82) is 0 Å². The van der Waals surface area contributed by atoms with Gasteiger partial charge in [-0.05, 0) is 29.8 Å². The normalized spacial score (nSPS) is 11.3. The Morgan fingerprint density at radius 3 is 2.57 bits per heavy atom. The van der Waals surface area contributed by atoms with Crippen LogP contribution in [0.3, 0.4) is 0 Å². The summed E-state index contributed by atoms with van der Waals surface area (Å²) in [5, 5.41) is 8.10. The molecule has 0 spiro atoms. The van der Waals surface area contributed by atoms with Gasteiger partial charge >= 0.3 is 12.3 Å². The van der Waals surface area contributed by atoms with E-state index in [1.807, 2.05) is 0 Å². The monoisotopic (exact) mass is 447 g/mol. The van der Waals surface area contributed by atoms with Crippen molar-refractivity contribution in [2.45, 2.75) is 12.7 Å². The van der Waals surface area contributed by atoms with Crippen LogP contribution in [0.4, 0.5) is 23.1 Å². The Morgan fingerprint density at radius 2 is 1.93 bits per heavy atom. The van der Waals surface area contributed by atoms with Crippen molar-refractivity contribution in [1.82, 2.24) is 10.2 Å². The van der Waals surface area contributed by atoms with E-state index in [0.29, 0.717) is 0 Å². The van der Waals surface area contributed by atoms with Crippen LogP contribution in [0.2, 0.25) is 10.0 Å². The van der Waals surface area contributed by atoms with Crippen LogP contribution in [0.1, 0.15) is 11.1 Å². The minimum atomic E-state index is -4.50. The number of benzene rings is 2. The van der Waals surface area contributed by atoms with E-state index < -0.39 is 17.8 Å². The number of carbonyl (C=O) groups excluding carboxylic acids is 1. The molecule has 3 aromatic rings. The summed E-state index contributed by atoms with van der Waals surface area (Å²) < 4.78 is 44.1. The fourth-order valence-electron chi connectivity index (χ4n) is 2.22. The fourth-order valence-corrected chi connectivity index (χ4v) is 3.06. The lowest BCUT2D eigenvalue weighted by Gasteiger charge is -2.19. The molecule has 28 heavy (non-hydrogen) atoms. The van der Waals surface area contributed by atoms with Crippen molar-refractivity contribution >= 4 is 45.8 Å². The molecule has 0 aliphatic rings.